The van der Waals surface area contributed by atoms with Gasteiger partial charge in [-0.2, -0.15) is 0 Å². The predicted octanol–water partition coefficient (Wildman–Crippen LogP) is 4.85. The van der Waals surface area contributed by atoms with Gasteiger partial charge in [0.25, 0.3) is 0 Å². The predicted molar refractivity (Wildman–Crippen MR) is 128 cm³/mol. The smallest absolute Gasteiger partial charge is 0.335 e. The monoisotopic (exact) mass is 462 g/mol. The fourth-order valence-corrected chi connectivity index (χ4v) is 3.37. The Kier molecular flexibility index (Phi) is 10.7. The zero-order chi connectivity index (χ0) is 20.8. The van der Waals surface area contributed by atoms with Crippen molar-refractivity contribution in [2.75, 3.05) is 6.54 Å². The number of rotatable bonds is 8. The van der Waals surface area contributed by atoms with Crippen molar-refractivity contribution >= 4 is 30.8 Å². The van der Waals surface area contributed by atoms with Crippen molar-refractivity contribution in [3.63, 3.8) is 0 Å². The number of carboxylic acid groups (broad SMARTS) is 1. The first-order valence-electron chi connectivity index (χ1n) is 9.68. The summed E-state index contributed by atoms with van der Waals surface area (Å²) < 4.78 is 0. The number of carbonyl (C=O) groups is 1. The first-order chi connectivity index (χ1) is 13.9. The Morgan fingerprint density at radius 1 is 1.10 bits per heavy atom. The second-order valence-electron chi connectivity index (χ2n) is 7.35. The van der Waals surface area contributed by atoms with Crippen molar-refractivity contribution in [3.8, 4) is 11.1 Å². The van der Waals surface area contributed by atoms with Gasteiger partial charge in [0, 0.05) is 30.5 Å². The van der Waals surface area contributed by atoms with Crippen LogP contribution in [0.25, 0.3) is 11.1 Å². The number of aliphatic hydroxyl groups excluding tert-OH is 1. The number of hydrogen-bond donors (Lipinski definition) is 3. The SMILES string of the molecule is Cc1cc(C(=O)O)ccc1-c1ccc(C[C@@H](C)NC[C@H](O)c2cccnc2)cc1.Cl.Cl. The molecule has 0 bridgehead atoms. The molecule has 7 heteroatoms. The molecule has 0 unspecified atom stereocenters. The molecule has 0 aliphatic heterocycles. The highest BCUT2D eigenvalue weighted by Gasteiger charge is 2.11. The number of pyridine rings is 1. The molecule has 3 rings (SSSR count). The highest BCUT2D eigenvalue weighted by molar-refractivity contribution is 5.89. The summed E-state index contributed by atoms with van der Waals surface area (Å²) in [5, 5.41) is 22.7. The van der Waals surface area contributed by atoms with E-state index < -0.39 is 12.1 Å². The van der Waals surface area contributed by atoms with Crippen LogP contribution in [-0.2, 0) is 6.42 Å². The number of aromatic nitrogens is 1. The minimum Gasteiger partial charge on any atom is -0.478 e. The quantitative estimate of drug-likeness (QED) is 0.445. The van der Waals surface area contributed by atoms with E-state index in [0.29, 0.717) is 12.1 Å². The van der Waals surface area contributed by atoms with E-state index in [0.717, 1.165) is 28.7 Å². The molecule has 0 spiro atoms. The molecule has 31 heavy (non-hydrogen) atoms. The number of benzene rings is 2. The second kappa shape index (κ2) is 12.4. The Morgan fingerprint density at radius 3 is 2.39 bits per heavy atom. The summed E-state index contributed by atoms with van der Waals surface area (Å²) >= 11 is 0. The number of aromatic carboxylic acids is 1. The number of aryl methyl sites for hydroxylation is 1. The lowest BCUT2D eigenvalue weighted by Crippen LogP contribution is -2.32. The van der Waals surface area contributed by atoms with Gasteiger partial charge in [0.15, 0.2) is 0 Å². The van der Waals surface area contributed by atoms with Gasteiger partial charge < -0.3 is 15.5 Å². The van der Waals surface area contributed by atoms with Gasteiger partial charge in [0.05, 0.1) is 11.7 Å². The van der Waals surface area contributed by atoms with Crippen molar-refractivity contribution in [2.24, 2.45) is 0 Å². The number of aliphatic hydroxyl groups is 1. The summed E-state index contributed by atoms with van der Waals surface area (Å²) in [5.74, 6) is -0.912. The molecule has 0 radical (unpaired) electrons. The van der Waals surface area contributed by atoms with Crippen LogP contribution in [0, 0.1) is 6.92 Å². The van der Waals surface area contributed by atoms with Gasteiger partial charge >= 0.3 is 5.97 Å². The number of carboxylic acids is 1. The van der Waals surface area contributed by atoms with Crippen molar-refractivity contribution in [3.05, 3.63) is 89.2 Å². The molecule has 2 aromatic carbocycles. The summed E-state index contributed by atoms with van der Waals surface area (Å²) in [7, 11) is 0. The molecule has 2 atom stereocenters. The summed E-state index contributed by atoms with van der Waals surface area (Å²) in [6.45, 7) is 4.49. The highest BCUT2D eigenvalue weighted by atomic mass is 35.5. The van der Waals surface area contributed by atoms with Crippen LogP contribution in [0.5, 0.6) is 0 Å². The molecule has 1 heterocycles. The van der Waals surface area contributed by atoms with E-state index in [4.69, 9.17) is 5.11 Å². The van der Waals surface area contributed by atoms with E-state index in [2.05, 4.69) is 41.5 Å². The summed E-state index contributed by atoms with van der Waals surface area (Å²) in [4.78, 5) is 15.1. The van der Waals surface area contributed by atoms with E-state index >= 15 is 0 Å². The van der Waals surface area contributed by atoms with Gasteiger partial charge in [-0.1, -0.05) is 36.4 Å². The Balaban J connectivity index is 0.00000240. The van der Waals surface area contributed by atoms with Crippen LogP contribution < -0.4 is 5.32 Å². The summed E-state index contributed by atoms with van der Waals surface area (Å²) in [5.41, 5.74) is 5.35. The van der Waals surface area contributed by atoms with Crippen LogP contribution in [0.2, 0.25) is 0 Å². The third-order valence-electron chi connectivity index (χ3n) is 5.01. The molecule has 166 valence electrons. The molecule has 3 N–H and O–H groups in total. The van der Waals surface area contributed by atoms with Gasteiger partial charge in [0.1, 0.15) is 0 Å². The average molecular weight is 463 g/mol. The maximum absolute atomic E-state index is 11.1. The first-order valence-corrected chi connectivity index (χ1v) is 9.68. The van der Waals surface area contributed by atoms with Crippen LogP contribution in [-0.4, -0.2) is 33.8 Å². The molecule has 0 fully saturated rings. The molecule has 0 aliphatic rings. The Morgan fingerprint density at radius 2 is 1.81 bits per heavy atom. The third-order valence-corrected chi connectivity index (χ3v) is 5.01. The van der Waals surface area contributed by atoms with E-state index in [1.807, 2.05) is 25.1 Å². The largest absolute Gasteiger partial charge is 0.478 e. The van der Waals surface area contributed by atoms with Crippen LogP contribution in [0.15, 0.2) is 67.0 Å². The number of nitrogens with zero attached hydrogens (tertiary/aromatic N) is 1. The number of hydrogen-bond acceptors (Lipinski definition) is 4. The Labute approximate surface area is 195 Å². The van der Waals surface area contributed by atoms with Gasteiger partial charge in [-0.3, -0.25) is 4.98 Å². The van der Waals surface area contributed by atoms with E-state index in [1.54, 1.807) is 24.5 Å². The fourth-order valence-electron chi connectivity index (χ4n) is 3.37. The lowest BCUT2D eigenvalue weighted by molar-refractivity contribution is 0.0697. The molecule has 0 aliphatic carbocycles. The molecule has 0 amide bonds. The Bertz CT molecular complexity index is 966. The average Bonchev–Trinajstić information content (AvgIpc) is 2.73. The lowest BCUT2D eigenvalue weighted by atomic mass is 9.96. The topological polar surface area (TPSA) is 82.5 Å². The number of nitrogens with one attached hydrogen (secondary N) is 1. The van der Waals surface area contributed by atoms with Crippen molar-refractivity contribution in [1.82, 2.24) is 10.3 Å². The molecule has 0 saturated carbocycles. The van der Waals surface area contributed by atoms with E-state index in [9.17, 15) is 9.90 Å². The maximum atomic E-state index is 11.1. The first kappa shape index (κ1) is 26.6. The Hall–Kier alpha value is -2.44. The molecule has 3 aromatic rings. The summed E-state index contributed by atoms with van der Waals surface area (Å²) in [6, 6.07) is 17.4. The van der Waals surface area contributed by atoms with Gasteiger partial charge in [-0.15, -0.1) is 24.8 Å². The second-order valence-corrected chi connectivity index (χ2v) is 7.35. The van der Waals surface area contributed by atoms with E-state index in [1.165, 1.54) is 5.56 Å². The number of halogens is 2. The molecule has 0 saturated heterocycles. The lowest BCUT2D eigenvalue weighted by Gasteiger charge is -2.17. The van der Waals surface area contributed by atoms with Gasteiger partial charge in [-0.25, -0.2) is 4.79 Å². The maximum Gasteiger partial charge on any atom is 0.335 e. The standard InChI is InChI=1S/C24H26N2O3.2ClH/c1-16-12-20(24(28)29)9-10-22(16)19-7-5-18(6-8-19)13-17(2)26-15-23(27)21-4-3-11-25-14-21;;/h3-12,14,17,23,26-27H,13,15H2,1-2H3,(H,28,29);2*1H/t17-,23+;;/m1../s1. The summed E-state index contributed by atoms with van der Waals surface area (Å²) in [6.07, 6.45) is 3.64. The third kappa shape index (κ3) is 7.33. The van der Waals surface area contributed by atoms with Crippen LogP contribution >= 0.6 is 24.8 Å². The molecular weight excluding hydrogens is 435 g/mol. The van der Waals surface area contributed by atoms with Crippen LogP contribution in [0.3, 0.4) is 0 Å². The zero-order valence-corrected chi connectivity index (χ0v) is 19.1. The van der Waals surface area contributed by atoms with Crippen molar-refractivity contribution < 1.29 is 15.0 Å². The minimum absolute atomic E-state index is 0. The zero-order valence-electron chi connectivity index (χ0n) is 17.5. The molecular formula is C24H28Cl2N2O3. The normalized spacial score (nSPS) is 12.2. The van der Waals surface area contributed by atoms with Crippen LogP contribution in [0.4, 0.5) is 0 Å². The minimum atomic E-state index is -0.912. The van der Waals surface area contributed by atoms with Crippen molar-refractivity contribution in [1.29, 1.82) is 0 Å². The van der Waals surface area contributed by atoms with Crippen LogP contribution in [0.1, 0.15) is 40.1 Å². The van der Waals surface area contributed by atoms with Gasteiger partial charge in [0.2, 0.25) is 0 Å². The van der Waals surface area contributed by atoms with E-state index in [-0.39, 0.29) is 30.9 Å². The van der Waals surface area contributed by atoms with Crippen molar-refractivity contribution in [2.45, 2.75) is 32.4 Å². The molecule has 1 aromatic heterocycles. The fraction of sp³-hybridized carbons (Fsp3) is 0.250. The highest BCUT2D eigenvalue weighted by Crippen LogP contribution is 2.25. The molecule has 5 nitrogen and oxygen atoms in total. The van der Waals surface area contributed by atoms with Gasteiger partial charge in [-0.05, 0) is 60.7 Å².